The quantitative estimate of drug-likeness (QED) is 0.531. The molecule has 12 heavy (non-hydrogen) atoms. The van der Waals surface area contributed by atoms with Crippen molar-refractivity contribution < 1.29 is 0 Å². The predicted octanol–water partition coefficient (Wildman–Crippen LogP) is 2.13. The third-order valence-corrected chi connectivity index (χ3v) is 4.64. The van der Waals surface area contributed by atoms with Gasteiger partial charge in [-0.15, -0.1) is 0 Å². The molecule has 0 aromatic rings. The minimum Gasteiger partial charge on any atom is -0.297 e. The highest BCUT2D eigenvalue weighted by Crippen LogP contribution is 2.51. The Kier molecular flexibility index (Phi) is 1.39. The molecule has 0 aromatic carbocycles. The summed E-state index contributed by atoms with van der Waals surface area (Å²) in [5, 5.41) is 0. The first-order valence-corrected chi connectivity index (χ1v) is 5.53. The molecule has 0 radical (unpaired) electrons. The van der Waals surface area contributed by atoms with Crippen molar-refractivity contribution in [3.8, 4) is 0 Å². The lowest BCUT2D eigenvalue weighted by Gasteiger charge is -2.34. The minimum atomic E-state index is 0.985. The molecule has 68 valence electrons. The van der Waals surface area contributed by atoms with Gasteiger partial charge in [0.15, 0.2) is 0 Å². The number of piperidine rings is 1. The van der Waals surface area contributed by atoms with Crippen LogP contribution in [0.4, 0.5) is 0 Å². The molecule has 2 saturated heterocycles. The highest BCUT2D eigenvalue weighted by atomic mass is 15.3. The van der Waals surface area contributed by atoms with E-state index in [0.717, 1.165) is 29.8 Å². The first-order chi connectivity index (χ1) is 5.77. The van der Waals surface area contributed by atoms with Crippen LogP contribution in [0.2, 0.25) is 0 Å². The highest BCUT2D eigenvalue weighted by Gasteiger charge is 2.53. The zero-order chi connectivity index (χ0) is 8.29. The summed E-state index contributed by atoms with van der Waals surface area (Å²) < 4.78 is 0. The Balaban J connectivity index is 1.90. The van der Waals surface area contributed by atoms with Crippen LogP contribution < -0.4 is 0 Å². The first kappa shape index (κ1) is 7.37. The van der Waals surface area contributed by atoms with Crippen LogP contribution in [0.1, 0.15) is 33.1 Å². The SMILES string of the molecule is CC1CC2CC1C1C(C)CCN21. The lowest BCUT2D eigenvalue weighted by molar-refractivity contribution is 0.132. The zero-order valence-electron chi connectivity index (χ0n) is 8.16. The van der Waals surface area contributed by atoms with E-state index in [1.54, 1.807) is 0 Å². The summed E-state index contributed by atoms with van der Waals surface area (Å²) in [6, 6.07) is 1.97. The number of fused-ring (bicyclic) bond motifs is 5. The lowest BCUT2D eigenvalue weighted by atomic mass is 9.84. The first-order valence-electron chi connectivity index (χ1n) is 5.53. The Morgan fingerprint density at radius 3 is 2.75 bits per heavy atom. The standard InChI is InChI=1S/C11H19N/c1-7-3-4-12-9-5-8(2)10(6-9)11(7)12/h7-11H,3-6H2,1-2H3. The van der Waals surface area contributed by atoms with Crippen LogP contribution in [0.3, 0.4) is 0 Å². The van der Waals surface area contributed by atoms with Gasteiger partial charge in [-0.3, -0.25) is 4.90 Å². The van der Waals surface area contributed by atoms with Gasteiger partial charge in [-0.25, -0.2) is 0 Å². The largest absolute Gasteiger partial charge is 0.297 e. The van der Waals surface area contributed by atoms with Crippen molar-refractivity contribution in [2.75, 3.05) is 6.54 Å². The summed E-state index contributed by atoms with van der Waals surface area (Å²) in [4.78, 5) is 2.81. The monoisotopic (exact) mass is 165 g/mol. The molecule has 5 unspecified atom stereocenters. The number of rotatable bonds is 0. The van der Waals surface area contributed by atoms with Gasteiger partial charge in [-0.1, -0.05) is 13.8 Å². The van der Waals surface area contributed by atoms with Crippen molar-refractivity contribution in [3.05, 3.63) is 0 Å². The van der Waals surface area contributed by atoms with Gasteiger partial charge in [0.05, 0.1) is 0 Å². The summed E-state index contributed by atoms with van der Waals surface area (Å²) in [6.45, 7) is 6.32. The van der Waals surface area contributed by atoms with E-state index in [0.29, 0.717) is 0 Å². The maximum Gasteiger partial charge on any atom is 0.0156 e. The molecule has 2 aliphatic heterocycles. The van der Waals surface area contributed by atoms with E-state index in [1.807, 2.05) is 0 Å². The van der Waals surface area contributed by atoms with E-state index in [2.05, 4.69) is 18.7 Å². The predicted molar refractivity (Wildman–Crippen MR) is 50.0 cm³/mol. The number of hydrogen-bond donors (Lipinski definition) is 0. The molecule has 3 aliphatic rings. The average Bonchev–Trinajstić information content (AvgIpc) is 2.62. The Morgan fingerprint density at radius 1 is 1.08 bits per heavy atom. The summed E-state index contributed by atoms with van der Waals surface area (Å²) in [5.74, 6) is 3.08. The van der Waals surface area contributed by atoms with Gasteiger partial charge in [0, 0.05) is 12.1 Å². The molecule has 3 fully saturated rings. The minimum absolute atomic E-state index is 0.985. The molecule has 1 heteroatoms. The molecule has 1 nitrogen and oxygen atoms in total. The van der Waals surface area contributed by atoms with E-state index in [1.165, 1.54) is 25.8 Å². The Labute approximate surface area is 75.1 Å². The Morgan fingerprint density at radius 2 is 1.92 bits per heavy atom. The van der Waals surface area contributed by atoms with Gasteiger partial charge in [0.1, 0.15) is 0 Å². The molecule has 3 rings (SSSR count). The van der Waals surface area contributed by atoms with E-state index < -0.39 is 0 Å². The second kappa shape index (κ2) is 2.25. The zero-order valence-corrected chi connectivity index (χ0v) is 8.16. The fourth-order valence-corrected chi connectivity index (χ4v) is 4.09. The summed E-state index contributed by atoms with van der Waals surface area (Å²) in [5.41, 5.74) is 0. The lowest BCUT2D eigenvalue weighted by Crippen LogP contribution is -2.40. The van der Waals surface area contributed by atoms with Crippen molar-refractivity contribution >= 4 is 0 Å². The van der Waals surface area contributed by atoms with Crippen LogP contribution in [-0.4, -0.2) is 23.5 Å². The van der Waals surface area contributed by atoms with Crippen LogP contribution >= 0.6 is 0 Å². The topological polar surface area (TPSA) is 3.24 Å². The third-order valence-electron chi connectivity index (χ3n) is 4.64. The molecule has 0 amide bonds. The molecule has 2 bridgehead atoms. The van der Waals surface area contributed by atoms with Crippen molar-refractivity contribution in [1.82, 2.24) is 4.90 Å². The van der Waals surface area contributed by atoms with Gasteiger partial charge >= 0.3 is 0 Å². The van der Waals surface area contributed by atoms with Crippen LogP contribution in [0.25, 0.3) is 0 Å². The maximum atomic E-state index is 2.81. The molecule has 0 spiro atoms. The fraction of sp³-hybridized carbons (Fsp3) is 1.00. The smallest absolute Gasteiger partial charge is 0.0156 e. The normalized spacial score (nSPS) is 58.0. The number of hydrogen-bond acceptors (Lipinski definition) is 1. The van der Waals surface area contributed by atoms with Crippen molar-refractivity contribution in [2.24, 2.45) is 17.8 Å². The van der Waals surface area contributed by atoms with Gasteiger partial charge in [0.25, 0.3) is 0 Å². The summed E-state index contributed by atoms with van der Waals surface area (Å²) >= 11 is 0. The molecule has 0 aromatic heterocycles. The summed E-state index contributed by atoms with van der Waals surface area (Å²) in [6.07, 6.45) is 4.48. The van der Waals surface area contributed by atoms with Crippen molar-refractivity contribution in [2.45, 2.75) is 45.2 Å². The molecule has 1 aliphatic carbocycles. The summed E-state index contributed by atoms with van der Waals surface area (Å²) in [7, 11) is 0. The molecular formula is C11H19N. The molecule has 2 heterocycles. The average molecular weight is 165 g/mol. The maximum absolute atomic E-state index is 2.81. The van der Waals surface area contributed by atoms with E-state index in [9.17, 15) is 0 Å². The van der Waals surface area contributed by atoms with E-state index >= 15 is 0 Å². The number of nitrogens with zero attached hydrogens (tertiary/aromatic N) is 1. The highest BCUT2D eigenvalue weighted by molar-refractivity contribution is 5.06. The van der Waals surface area contributed by atoms with Gasteiger partial charge in [-0.05, 0) is 43.6 Å². The fourth-order valence-electron chi connectivity index (χ4n) is 4.09. The van der Waals surface area contributed by atoms with Crippen molar-refractivity contribution in [3.63, 3.8) is 0 Å². The molecule has 1 saturated carbocycles. The van der Waals surface area contributed by atoms with E-state index in [-0.39, 0.29) is 0 Å². The Bertz CT molecular complexity index is 201. The molecule has 5 atom stereocenters. The van der Waals surface area contributed by atoms with Gasteiger partial charge in [0.2, 0.25) is 0 Å². The van der Waals surface area contributed by atoms with Gasteiger partial charge in [-0.2, -0.15) is 0 Å². The molecule has 0 N–H and O–H groups in total. The van der Waals surface area contributed by atoms with Crippen molar-refractivity contribution in [1.29, 1.82) is 0 Å². The third kappa shape index (κ3) is 0.736. The van der Waals surface area contributed by atoms with Gasteiger partial charge < -0.3 is 0 Å². The van der Waals surface area contributed by atoms with Crippen LogP contribution in [-0.2, 0) is 0 Å². The van der Waals surface area contributed by atoms with Crippen LogP contribution in [0, 0.1) is 17.8 Å². The van der Waals surface area contributed by atoms with Crippen LogP contribution in [0.5, 0.6) is 0 Å². The van der Waals surface area contributed by atoms with E-state index in [4.69, 9.17) is 0 Å². The Hall–Kier alpha value is -0.0400. The second-order valence-electron chi connectivity index (χ2n) is 5.26. The second-order valence-corrected chi connectivity index (χ2v) is 5.26. The molecular weight excluding hydrogens is 146 g/mol. The van der Waals surface area contributed by atoms with Crippen LogP contribution in [0.15, 0.2) is 0 Å².